The van der Waals surface area contributed by atoms with Crippen molar-refractivity contribution in [3.63, 3.8) is 0 Å². The molecule has 0 aliphatic rings. The zero-order valence-corrected chi connectivity index (χ0v) is 10.6. The Kier molecular flexibility index (Phi) is 2.60. The lowest BCUT2D eigenvalue weighted by Crippen LogP contribution is -2.37. The summed E-state index contributed by atoms with van der Waals surface area (Å²) in [6, 6.07) is 11.5. The van der Waals surface area contributed by atoms with E-state index < -0.39 is 4.92 Å². The lowest BCUT2D eigenvalue weighted by atomic mass is 10.2. The number of para-hydroxylation sites is 1. The molecule has 0 N–H and O–H groups in total. The molecule has 2 aromatic carbocycles. The van der Waals surface area contributed by atoms with Crippen LogP contribution in [0.1, 0.15) is 5.56 Å². The second kappa shape index (κ2) is 4.30. The van der Waals surface area contributed by atoms with Gasteiger partial charge in [-0.3, -0.25) is 10.1 Å². The number of hydrogen-bond donors (Lipinski definition) is 0. The number of nitro groups is 1. The molecule has 0 atom stereocenters. The monoisotopic (exact) mass is 270 g/mol. The average molecular weight is 270 g/mol. The van der Waals surface area contributed by atoms with Crippen LogP contribution >= 0.6 is 0 Å². The highest BCUT2D eigenvalue weighted by Crippen LogP contribution is 2.22. The molecule has 0 saturated carbocycles. The Morgan fingerprint density at radius 3 is 2.65 bits per heavy atom. The van der Waals surface area contributed by atoms with Gasteiger partial charge in [0, 0.05) is 6.07 Å². The van der Waals surface area contributed by atoms with Crippen molar-refractivity contribution in [1.82, 2.24) is 9.90 Å². The summed E-state index contributed by atoms with van der Waals surface area (Å²) in [5.74, 6) is 0. The van der Waals surface area contributed by atoms with E-state index in [2.05, 4.69) is 5.10 Å². The summed E-state index contributed by atoms with van der Waals surface area (Å²) in [7, 11) is 0. The fourth-order valence-electron chi connectivity index (χ4n) is 2.10. The molecule has 100 valence electrons. The number of nitro benzene ring substituents is 1. The van der Waals surface area contributed by atoms with Crippen molar-refractivity contribution < 1.29 is 9.77 Å². The van der Waals surface area contributed by atoms with Gasteiger partial charge in [-0.2, -0.15) is 0 Å². The number of fused-ring (bicyclic) bond motifs is 1. The van der Waals surface area contributed by atoms with E-state index in [0.29, 0.717) is 10.5 Å². The lowest BCUT2D eigenvalue weighted by molar-refractivity contribution is -0.664. The molecule has 0 amide bonds. The van der Waals surface area contributed by atoms with Crippen molar-refractivity contribution in [2.45, 2.75) is 6.92 Å². The first-order chi connectivity index (χ1) is 9.59. The molecule has 0 fully saturated rings. The number of aryl methyl sites for hydroxylation is 1. The van der Waals surface area contributed by atoms with Crippen molar-refractivity contribution in [3.05, 3.63) is 63.3 Å². The Labute approximate surface area is 113 Å². The lowest BCUT2D eigenvalue weighted by Gasteiger charge is -2.05. The van der Waals surface area contributed by atoms with Crippen LogP contribution in [0.4, 0.5) is 5.69 Å². The van der Waals surface area contributed by atoms with Gasteiger partial charge in [0.05, 0.1) is 10.0 Å². The Bertz CT molecular complexity index is 826. The van der Waals surface area contributed by atoms with E-state index in [0.717, 1.165) is 10.4 Å². The second-order valence-electron chi connectivity index (χ2n) is 4.35. The van der Waals surface area contributed by atoms with Crippen LogP contribution in [0.2, 0.25) is 0 Å². The van der Waals surface area contributed by atoms with E-state index in [9.17, 15) is 15.3 Å². The van der Waals surface area contributed by atoms with Gasteiger partial charge in [0.15, 0.2) is 0 Å². The number of benzene rings is 2. The summed E-state index contributed by atoms with van der Waals surface area (Å²) >= 11 is 0. The molecule has 0 spiro atoms. The molecule has 0 bridgehead atoms. The molecule has 20 heavy (non-hydrogen) atoms. The van der Waals surface area contributed by atoms with Crippen LogP contribution < -0.4 is 4.85 Å². The van der Waals surface area contributed by atoms with E-state index in [1.54, 1.807) is 12.1 Å². The van der Waals surface area contributed by atoms with Crippen molar-refractivity contribution in [1.29, 1.82) is 0 Å². The van der Waals surface area contributed by atoms with Crippen molar-refractivity contribution in [2.24, 2.45) is 0 Å². The summed E-state index contributed by atoms with van der Waals surface area (Å²) in [5, 5.41) is 27.3. The van der Waals surface area contributed by atoms with Crippen LogP contribution in [-0.2, 0) is 0 Å². The first-order valence-corrected chi connectivity index (χ1v) is 5.91. The Morgan fingerprint density at radius 2 is 1.95 bits per heavy atom. The fraction of sp³-hybridized carbons (Fsp3) is 0.0769. The zero-order valence-electron chi connectivity index (χ0n) is 10.6. The highest BCUT2D eigenvalue weighted by atomic mass is 16.6. The molecule has 0 aliphatic carbocycles. The number of hydrogen-bond acceptors (Lipinski definition) is 4. The summed E-state index contributed by atoms with van der Waals surface area (Å²) in [6.07, 6.45) is 0. The van der Waals surface area contributed by atoms with Crippen LogP contribution in [0.3, 0.4) is 0 Å². The predicted octanol–water partition coefficient (Wildman–Crippen LogP) is 1.88. The minimum absolute atomic E-state index is 0.0794. The Hall–Kier alpha value is -2.96. The maximum atomic E-state index is 12.3. The van der Waals surface area contributed by atoms with E-state index in [1.807, 2.05) is 19.1 Å². The number of rotatable bonds is 2. The minimum atomic E-state index is -0.544. The molecule has 0 unspecified atom stereocenters. The topological polar surface area (TPSA) is 87.9 Å². The Morgan fingerprint density at radius 1 is 1.20 bits per heavy atom. The maximum Gasteiger partial charge on any atom is 0.327 e. The van der Waals surface area contributed by atoms with Crippen molar-refractivity contribution >= 4 is 16.7 Å². The van der Waals surface area contributed by atoms with E-state index >= 15 is 0 Å². The highest BCUT2D eigenvalue weighted by molar-refractivity contribution is 5.81. The molecule has 1 heterocycles. The smallest absolute Gasteiger partial charge is 0.327 e. The van der Waals surface area contributed by atoms with Gasteiger partial charge in [0.2, 0.25) is 5.52 Å². The van der Waals surface area contributed by atoms with Crippen LogP contribution in [0.25, 0.3) is 16.7 Å². The highest BCUT2D eigenvalue weighted by Gasteiger charge is 2.25. The van der Waals surface area contributed by atoms with E-state index in [1.165, 1.54) is 18.2 Å². The van der Waals surface area contributed by atoms with Crippen molar-refractivity contribution in [2.75, 3.05) is 0 Å². The molecule has 3 rings (SSSR count). The van der Waals surface area contributed by atoms with E-state index in [-0.39, 0.29) is 16.7 Å². The number of nitrogens with zero attached hydrogens (tertiary/aromatic N) is 4. The molecule has 7 heteroatoms. The van der Waals surface area contributed by atoms with Crippen LogP contribution in [0, 0.1) is 22.2 Å². The minimum Gasteiger partial charge on any atom is -0.692 e. The molecule has 0 aliphatic heterocycles. The number of aromatic nitrogens is 3. The van der Waals surface area contributed by atoms with Gasteiger partial charge in [-0.05, 0) is 29.4 Å². The maximum absolute atomic E-state index is 12.3. The summed E-state index contributed by atoms with van der Waals surface area (Å²) in [5.41, 5.74) is 1.51. The average Bonchev–Trinajstić information content (AvgIpc) is 2.76. The van der Waals surface area contributed by atoms with Crippen LogP contribution in [0.5, 0.6) is 0 Å². The molecule has 0 radical (unpaired) electrons. The standard InChI is InChI=1S/C13H10N4O3/c1-9-5-2-3-6-10(9)15-14-13-11(16(15)18)7-4-8-12(13)17(19)20/h2-8H,1H3. The summed E-state index contributed by atoms with van der Waals surface area (Å²) < 4.78 is 0. The normalized spacial score (nSPS) is 10.8. The van der Waals surface area contributed by atoms with Gasteiger partial charge < -0.3 is 5.21 Å². The third-order valence-electron chi connectivity index (χ3n) is 3.09. The third kappa shape index (κ3) is 1.68. The largest absolute Gasteiger partial charge is 0.692 e. The zero-order chi connectivity index (χ0) is 14.3. The van der Waals surface area contributed by atoms with Crippen LogP contribution in [-0.4, -0.2) is 14.8 Å². The first kappa shape index (κ1) is 12.1. The van der Waals surface area contributed by atoms with Crippen molar-refractivity contribution in [3.8, 4) is 5.69 Å². The fourth-order valence-corrected chi connectivity index (χ4v) is 2.10. The van der Waals surface area contributed by atoms with Gasteiger partial charge in [0.1, 0.15) is 5.69 Å². The summed E-state index contributed by atoms with van der Waals surface area (Å²) in [4.78, 5) is 12.1. The SMILES string of the molecule is Cc1ccccc1-n1nc2c([N+](=O)[O-])cccc2[n+]1[O-]. The second-order valence-corrected chi connectivity index (χ2v) is 4.35. The molecular weight excluding hydrogens is 260 g/mol. The van der Waals surface area contributed by atoms with Gasteiger partial charge in [-0.15, -0.1) is 4.85 Å². The molecular formula is C13H10N4O3. The first-order valence-electron chi connectivity index (χ1n) is 5.91. The van der Waals surface area contributed by atoms with Gasteiger partial charge in [-0.1, -0.05) is 24.3 Å². The van der Waals surface area contributed by atoms with Crippen LogP contribution in [0.15, 0.2) is 42.5 Å². The molecule has 0 saturated heterocycles. The molecule has 1 aromatic heterocycles. The van der Waals surface area contributed by atoms with Gasteiger partial charge in [0.25, 0.3) is 0 Å². The Balaban J connectivity index is 2.34. The van der Waals surface area contributed by atoms with Gasteiger partial charge >= 0.3 is 11.2 Å². The molecule has 3 aromatic rings. The molecule has 7 nitrogen and oxygen atoms in total. The predicted molar refractivity (Wildman–Crippen MR) is 71.4 cm³/mol. The number of non-ortho nitro benzene ring substituents is 1. The third-order valence-corrected chi connectivity index (χ3v) is 3.09. The van der Waals surface area contributed by atoms with Gasteiger partial charge in [-0.25, -0.2) is 0 Å². The summed E-state index contributed by atoms with van der Waals surface area (Å²) in [6.45, 7) is 1.84. The quantitative estimate of drug-likeness (QED) is 0.308. The van der Waals surface area contributed by atoms with E-state index in [4.69, 9.17) is 0 Å².